The highest BCUT2D eigenvalue weighted by molar-refractivity contribution is 6.14. The van der Waals surface area contributed by atoms with E-state index in [9.17, 15) is 0 Å². The van der Waals surface area contributed by atoms with Crippen molar-refractivity contribution in [2.75, 3.05) is 68.6 Å². The Hall–Kier alpha value is -5.04. The Labute approximate surface area is 283 Å². The van der Waals surface area contributed by atoms with Crippen molar-refractivity contribution >= 4 is 43.6 Å². The Morgan fingerprint density at radius 2 is 0.750 bits per heavy atom. The number of pyridine rings is 2. The van der Waals surface area contributed by atoms with E-state index in [0.29, 0.717) is 13.2 Å². The lowest BCUT2D eigenvalue weighted by Gasteiger charge is -2.26. The summed E-state index contributed by atoms with van der Waals surface area (Å²) >= 11 is 0. The van der Waals surface area contributed by atoms with Crippen LogP contribution in [0.25, 0.3) is 65.9 Å². The molecule has 7 rings (SSSR count). The van der Waals surface area contributed by atoms with Gasteiger partial charge in [-0.15, -0.1) is 0 Å². The lowest BCUT2D eigenvalue weighted by atomic mass is 9.90. The molecule has 0 saturated heterocycles. The van der Waals surface area contributed by atoms with Crippen LogP contribution < -0.4 is 9.47 Å². The van der Waals surface area contributed by atoms with Crippen LogP contribution in [0.15, 0.2) is 109 Å². The van der Waals surface area contributed by atoms with E-state index in [1.165, 1.54) is 0 Å². The number of hydrogen-bond donors (Lipinski definition) is 0. The zero-order chi connectivity index (χ0) is 33.5. The molecule has 2 aromatic heterocycles. The molecule has 0 aliphatic heterocycles. The Kier molecular flexibility index (Phi) is 8.24. The summed E-state index contributed by atoms with van der Waals surface area (Å²) in [4.78, 5) is 10.1. The highest BCUT2D eigenvalue weighted by atomic mass is 16.5. The number of quaternary nitrogens is 2. The van der Waals surface area contributed by atoms with Gasteiger partial charge in [0.25, 0.3) is 0 Å². The Morgan fingerprint density at radius 1 is 0.438 bits per heavy atom. The zero-order valence-corrected chi connectivity index (χ0v) is 28.8. The van der Waals surface area contributed by atoms with Crippen molar-refractivity contribution in [2.45, 2.75) is 0 Å². The van der Waals surface area contributed by atoms with Gasteiger partial charge in [-0.05, 0) is 30.3 Å². The van der Waals surface area contributed by atoms with Gasteiger partial charge in [0.1, 0.15) is 37.8 Å². The largest absolute Gasteiger partial charge is 0.487 e. The number of benzene rings is 5. The average Bonchev–Trinajstić information content (AvgIpc) is 3.05. The summed E-state index contributed by atoms with van der Waals surface area (Å²) in [5.74, 6) is 1.60. The topological polar surface area (TPSA) is 44.2 Å². The molecular weight excluding hydrogens is 592 g/mol. The maximum absolute atomic E-state index is 6.79. The lowest BCUT2D eigenvalue weighted by Crippen LogP contribution is -2.38. The average molecular weight is 637 g/mol. The first-order chi connectivity index (χ1) is 23.1. The monoisotopic (exact) mass is 636 g/mol. The van der Waals surface area contributed by atoms with Gasteiger partial charge in [-0.1, -0.05) is 72.8 Å². The van der Waals surface area contributed by atoms with E-state index in [0.717, 1.165) is 99.4 Å². The molecule has 0 fully saturated rings. The van der Waals surface area contributed by atoms with Gasteiger partial charge in [-0.2, -0.15) is 0 Å². The normalized spacial score (nSPS) is 12.3. The van der Waals surface area contributed by atoms with Crippen LogP contribution in [0.1, 0.15) is 0 Å². The molecule has 5 aromatic carbocycles. The number of nitrogens with zero attached hydrogens (tertiary/aromatic N) is 4. The lowest BCUT2D eigenvalue weighted by molar-refractivity contribution is -0.870. The molecule has 0 N–H and O–H groups in total. The molecule has 0 atom stereocenters. The van der Waals surface area contributed by atoms with E-state index in [1.54, 1.807) is 0 Å². The first kappa shape index (κ1) is 31.6. The minimum absolute atomic E-state index is 0.566. The summed E-state index contributed by atoms with van der Waals surface area (Å²) in [6.07, 6.45) is 0. The van der Waals surface area contributed by atoms with Crippen LogP contribution in [-0.2, 0) is 0 Å². The first-order valence-electron chi connectivity index (χ1n) is 16.7. The van der Waals surface area contributed by atoms with Gasteiger partial charge >= 0.3 is 0 Å². The van der Waals surface area contributed by atoms with Crippen LogP contribution in [0.3, 0.4) is 0 Å². The number of rotatable bonds is 10. The number of ether oxygens (including phenoxy) is 2. The van der Waals surface area contributed by atoms with Crippen LogP contribution in [-0.4, -0.2) is 87.5 Å². The van der Waals surface area contributed by atoms with Gasteiger partial charge in [0.15, 0.2) is 0 Å². The second kappa shape index (κ2) is 12.5. The second-order valence-electron chi connectivity index (χ2n) is 14.6. The number of hydrogen-bond acceptors (Lipinski definition) is 4. The molecule has 0 saturated carbocycles. The summed E-state index contributed by atoms with van der Waals surface area (Å²) in [6.45, 7) is 2.85. The quantitative estimate of drug-likeness (QED) is 0.111. The molecule has 242 valence electrons. The third kappa shape index (κ3) is 6.42. The van der Waals surface area contributed by atoms with Gasteiger partial charge in [-0.3, -0.25) is 0 Å². The minimum atomic E-state index is 0.566. The van der Waals surface area contributed by atoms with Crippen molar-refractivity contribution in [3.63, 3.8) is 0 Å². The standard InChI is InChI=1S/C42H44N4O2/c1-45(2,3)23-25-47-39-28-40(48-26-24-46(4,5)6)34(42-31-17-9-13-21-37(31)44-38-22-14-10-18-32(38)42)27-33(39)41-29-15-7-11-19-35(29)43-36-20-12-8-16-30(36)41/h7-22,27-28H,23-26H2,1-6H3/q+2. The van der Waals surface area contributed by atoms with E-state index in [4.69, 9.17) is 19.4 Å². The van der Waals surface area contributed by atoms with E-state index in [2.05, 4.69) is 151 Å². The van der Waals surface area contributed by atoms with E-state index >= 15 is 0 Å². The molecule has 0 spiro atoms. The van der Waals surface area contributed by atoms with Crippen LogP contribution in [0.4, 0.5) is 0 Å². The van der Waals surface area contributed by atoms with Gasteiger partial charge < -0.3 is 18.4 Å². The molecule has 0 aliphatic rings. The van der Waals surface area contributed by atoms with Crippen LogP contribution in [0, 0.1) is 0 Å². The Bertz CT molecular complexity index is 2020. The SMILES string of the molecule is C[N+](C)(C)CCOc1cc(OCC[N+](C)(C)C)c(-c2c3ccccc3nc3ccccc23)cc1-c1c2ccccc2nc2ccccc12. The molecule has 48 heavy (non-hydrogen) atoms. The number of fused-ring (bicyclic) bond motifs is 4. The zero-order valence-electron chi connectivity index (χ0n) is 28.8. The minimum Gasteiger partial charge on any atom is -0.487 e. The summed E-state index contributed by atoms with van der Waals surface area (Å²) in [6, 6.07) is 38.0. The number of aromatic nitrogens is 2. The molecule has 6 nitrogen and oxygen atoms in total. The molecule has 6 heteroatoms. The fraction of sp³-hybridized carbons (Fsp3) is 0.238. The third-order valence-electron chi connectivity index (χ3n) is 8.84. The summed E-state index contributed by atoms with van der Waals surface area (Å²) in [5.41, 5.74) is 8.06. The predicted octanol–water partition coefficient (Wildman–Crippen LogP) is 8.59. The summed E-state index contributed by atoms with van der Waals surface area (Å²) in [5, 5.41) is 4.34. The molecule has 7 aromatic rings. The van der Waals surface area contributed by atoms with Crippen molar-refractivity contribution in [1.82, 2.24) is 9.97 Å². The van der Waals surface area contributed by atoms with Crippen LogP contribution in [0.2, 0.25) is 0 Å². The highest BCUT2D eigenvalue weighted by Crippen LogP contribution is 2.48. The fourth-order valence-electron chi connectivity index (χ4n) is 6.31. The van der Waals surface area contributed by atoms with Gasteiger partial charge in [-0.25, -0.2) is 9.97 Å². The van der Waals surface area contributed by atoms with Crippen LogP contribution >= 0.6 is 0 Å². The first-order valence-corrected chi connectivity index (χ1v) is 16.7. The van der Waals surface area contributed by atoms with E-state index < -0.39 is 0 Å². The van der Waals surface area contributed by atoms with Crippen molar-refractivity contribution in [3.8, 4) is 33.8 Å². The predicted molar refractivity (Wildman–Crippen MR) is 200 cm³/mol. The van der Waals surface area contributed by atoms with E-state index in [1.807, 2.05) is 0 Å². The van der Waals surface area contributed by atoms with Crippen molar-refractivity contribution in [2.24, 2.45) is 0 Å². The molecule has 0 radical (unpaired) electrons. The van der Waals surface area contributed by atoms with E-state index in [-0.39, 0.29) is 0 Å². The second-order valence-corrected chi connectivity index (χ2v) is 14.6. The molecule has 0 amide bonds. The van der Waals surface area contributed by atoms with Gasteiger partial charge in [0, 0.05) is 49.9 Å². The molecule has 0 aliphatic carbocycles. The molecule has 0 unspecified atom stereocenters. The van der Waals surface area contributed by atoms with Crippen LogP contribution in [0.5, 0.6) is 11.5 Å². The van der Waals surface area contributed by atoms with Crippen molar-refractivity contribution < 1.29 is 18.4 Å². The van der Waals surface area contributed by atoms with Crippen molar-refractivity contribution in [3.05, 3.63) is 109 Å². The molecule has 0 bridgehead atoms. The molecular formula is C42H44N4O2+2. The highest BCUT2D eigenvalue weighted by Gasteiger charge is 2.23. The fourth-order valence-corrected chi connectivity index (χ4v) is 6.31. The summed E-state index contributed by atoms with van der Waals surface area (Å²) < 4.78 is 15.2. The summed E-state index contributed by atoms with van der Waals surface area (Å²) in [7, 11) is 13.1. The number of para-hydroxylation sites is 4. The molecule has 2 heterocycles. The Balaban J connectivity index is 1.57. The number of likely N-dealkylation sites (N-methyl/N-ethyl adjacent to an activating group) is 2. The van der Waals surface area contributed by atoms with Crippen molar-refractivity contribution in [1.29, 1.82) is 0 Å². The maximum atomic E-state index is 6.79. The maximum Gasteiger partial charge on any atom is 0.137 e. The smallest absolute Gasteiger partial charge is 0.137 e. The Morgan fingerprint density at radius 3 is 1.06 bits per heavy atom. The van der Waals surface area contributed by atoms with Gasteiger partial charge in [0.2, 0.25) is 0 Å². The third-order valence-corrected chi connectivity index (χ3v) is 8.84. The van der Waals surface area contributed by atoms with Gasteiger partial charge in [0.05, 0.1) is 64.4 Å².